The molecule has 2 aromatic heterocycles. The molecule has 5 rings (SSSR count). The number of unbranched alkanes of at least 4 members (excludes halogenated alkanes) is 1. The fraction of sp³-hybridized carbons (Fsp3) is 0.500. The highest BCUT2D eigenvalue weighted by molar-refractivity contribution is 5.75. The van der Waals surface area contributed by atoms with Gasteiger partial charge in [0.1, 0.15) is 5.82 Å². The van der Waals surface area contributed by atoms with Crippen LogP contribution in [0.2, 0.25) is 0 Å². The number of aryl methyl sites for hydroxylation is 2. The summed E-state index contributed by atoms with van der Waals surface area (Å²) in [5.41, 5.74) is 10.9. The zero-order valence-electron chi connectivity index (χ0n) is 17.1. The average Bonchev–Trinajstić information content (AvgIpc) is 3.11. The smallest absolute Gasteiger partial charge is 0.124 e. The van der Waals surface area contributed by atoms with Crippen molar-refractivity contribution < 1.29 is 0 Å². The summed E-state index contributed by atoms with van der Waals surface area (Å²) in [6.45, 7) is 3.77. The van der Waals surface area contributed by atoms with Gasteiger partial charge in [0.05, 0.1) is 29.3 Å². The van der Waals surface area contributed by atoms with E-state index in [0.29, 0.717) is 6.04 Å². The third-order valence-corrected chi connectivity index (χ3v) is 6.76. The minimum absolute atomic E-state index is 0.436. The number of benzene rings is 1. The molecule has 5 nitrogen and oxygen atoms in total. The molecule has 3 heterocycles. The Balaban J connectivity index is 1.48. The zero-order valence-corrected chi connectivity index (χ0v) is 17.1. The lowest BCUT2D eigenvalue weighted by molar-refractivity contribution is 0.0664. The summed E-state index contributed by atoms with van der Waals surface area (Å²) in [5.74, 6) is 1.91. The molecule has 0 radical (unpaired) electrons. The molecule has 0 amide bonds. The van der Waals surface area contributed by atoms with Crippen LogP contribution in [0.3, 0.4) is 0 Å². The highest BCUT2D eigenvalue weighted by atomic mass is 15.2. The highest BCUT2D eigenvalue weighted by Gasteiger charge is 2.38. The van der Waals surface area contributed by atoms with Crippen LogP contribution in [0.15, 0.2) is 42.6 Å². The van der Waals surface area contributed by atoms with E-state index in [2.05, 4.69) is 45.9 Å². The van der Waals surface area contributed by atoms with Gasteiger partial charge in [0, 0.05) is 12.7 Å². The van der Waals surface area contributed by atoms with Gasteiger partial charge in [0.2, 0.25) is 0 Å². The molecule has 1 saturated heterocycles. The lowest BCUT2D eigenvalue weighted by Gasteiger charge is -2.44. The van der Waals surface area contributed by atoms with Gasteiger partial charge in [-0.05, 0) is 81.3 Å². The van der Waals surface area contributed by atoms with E-state index < -0.39 is 0 Å². The number of fused-ring (bicyclic) bond motifs is 4. The Morgan fingerprint density at radius 2 is 2.00 bits per heavy atom. The fourth-order valence-electron chi connectivity index (χ4n) is 5.39. The standard InChI is InChI=1S/C24H31N5/c25-13-3-4-16-29-21-10-2-1-9-20(21)27-22(29)17-28-15-6-8-19-12-11-18-7-5-14-26-23(18)24(19)28/h1-2,5,7,9-10,14,19,24H,3-4,6,8,11-13,15-17,25H2. The van der Waals surface area contributed by atoms with Gasteiger partial charge >= 0.3 is 0 Å². The molecule has 1 fully saturated rings. The van der Waals surface area contributed by atoms with E-state index >= 15 is 0 Å². The molecular weight excluding hydrogens is 358 g/mol. The number of likely N-dealkylation sites (tertiary alicyclic amines) is 1. The van der Waals surface area contributed by atoms with E-state index in [1.807, 2.05) is 6.20 Å². The van der Waals surface area contributed by atoms with Crippen LogP contribution >= 0.6 is 0 Å². The van der Waals surface area contributed by atoms with Crippen molar-refractivity contribution in [1.29, 1.82) is 0 Å². The monoisotopic (exact) mass is 389 g/mol. The van der Waals surface area contributed by atoms with E-state index in [9.17, 15) is 0 Å². The maximum Gasteiger partial charge on any atom is 0.124 e. The number of hydrogen-bond donors (Lipinski definition) is 1. The second kappa shape index (κ2) is 8.25. The Morgan fingerprint density at radius 1 is 1.07 bits per heavy atom. The molecule has 2 atom stereocenters. The van der Waals surface area contributed by atoms with Crippen LogP contribution in [-0.4, -0.2) is 32.5 Å². The van der Waals surface area contributed by atoms with E-state index in [-0.39, 0.29) is 0 Å². The maximum atomic E-state index is 5.75. The Bertz CT molecular complexity index is 978. The lowest BCUT2D eigenvalue weighted by atomic mass is 9.77. The van der Waals surface area contributed by atoms with Crippen LogP contribution in [0.25, 0.3) is 11.0 Å². The highest BCUT2D eigenvalue weighted by Crippen LogP contribution is 2.43. The summed E-state index contributed by atoms with van der Waals surface area (Å²) < 4.78 is 2.43. The third-order valence-electron chi connectivity index (χ3n) is 6.76. The summed E-state index contributed by atoms with van der Waals surface area (Å²) in [7, 11) is 0. The Labute approximate surface area is 172 Å². The lowest BCUT2D eigenvalue weighted by Crippen LogP contribution is -2.41. The SMILES string of the molecule is NCCCCn1c(CN2CCCC3CCc4cccnc4C32)nc2ccccc21. The van der Waals surface area contributed by atoms with Gasteiger partial charge in [-0.3, -0.25) is 9.88 Å². The molecule has 1 aliphatic carbocycles. The van der Waals surface area contributed by atoms with Crippen LogP contribution in [0.4, 0.5) is 0 Å². The van der Waals surface area contributed by atoms with Crippen molar-refractivity contribution in [3.05, 3.63) is 59.7 Å². The van der Waals surface area contributed by atoms with E-state index in [1.54, 1.807) is 0 Å². The number of piperidine rings is 1. The molecule has 0 bridgehead atoms. The summed E-state index contributed by atoms with van der Waals surface area (Å²) in [6.07, 6.45) is 9.18. The predicted molar refractivity (Wildman–Crippen MR) is 116 cm³/mol. The number of pyridine rings is 1. The Morgan fingerprint density at radius 3 is 2.93 bits per heavy atom. The maximum absolute atomic E-state index is 5.75. The van der Waals surface area contributed by atoms with Gasteiger partial charge in [-0.15, -0.1) is 0 Å². The van der Waals surface area contributed by atoms with Crippen molar-refractivity contribution in [3.8, 4) is 0 Å². The molecule has 29 heavy (non-hydrogen) atoms. The zero-order chi connectivity index (χ0) is 19.6. The number of imidazole rings is 1. The van der Waals surface area contributed by atoms with Gasteiger partial charge in [-0.25, -0.2) is 4.98 Å². The van der Waals surface area contributed by atoms with Crippen molar-refractivity contribution in [2.24, 2.45) is 11.7 Å². The molecule has 1 aliphatic heterocycles. The normalized spacial score (nSPS) is 21.8. The van der Waals surface area contributed by atoms with Crippen molar-refractivity contribution >= 4 is 11.0 Å². The molecule has 5 heteroatoms. The van der Waals surface area contributed by atoms with Gasteiger partial charge in [0.25, 0.3) is 0 Å². The fourth-order valence-corrected chi connectivity index (χ4v) is 5.39. The molecular formula is C24H31N5. The Kier molecular flexibility index (Phi) is 5.34. The van der Waals surface area contributed by atoms with Crippen molar-refractivity contribution in [2.45, 2.75) is 57.7 Å². The van der Waals surface area contributed by atoms with Gasteiger partial charge in [-0.2, -0.15) is 0 Å². The number of nitrogens with two attached hydrogens (primary N) is 1. The van der Waals surface area contributed by atoms with Gasteiger partial charge in [-0.1, -0.05) is 18.2 Å². The molecule has 152 valence electrons. The van der Waals surface area contributed by atoms with Crippen LogP contribution in [0.5, 0.6) is 0 Å². The number of hydrogen-bond acceptors (Lipinski definition) is 4. The largest absolute Gasteiger partial charge is 0.330 e. The summed E-state index contributed by atoms with van der Waals surface area (Å²) in [6, 6.07) is 13.3. The van der Waals surface area contributed by atoms with Crippen LogP contribution in [0, 0.1) is 5.92 Å². The topological polar surface area (TPSA) is 60.0 Å². The second-order valence-electron chi connectivity index (χ2n) is 8.57. The minimum atomic E-state index is 0.436. The molecule has 2 aliphatic rings. The van der Waals surface area contributed by atoms with E-state index in [1.165, 1.54) is 48.3 Å². The third kappa shape index (κ3) is 3.58. The number of rotatable bonds is 6. The number of nitrogens with zero attached hydrogens (tertiary/aromatic N) is 4. The van der Waals surface area contributed by atoms with Gasteiger partial charge in [0.15, 0.2) is 0 Å². The first-order valence-electron chi connectivity index (χ1n) is 11.2. The average molecular weight is 390 g/mol. The number of aromatic nitrogens is 3. The molecule has 2 N–H and O–H groups in total. The first-order chi connectivity index (χ1) is 14.3. The minimum Gasteiger partial charge on any atom is -0.330 e. The second-order valence-corrected chi connectivity index (χ2v) is 8.57. The summed E-state index contributed by atoms with van der Waals surface area (Å²) in [5, 5.41) is 0. The van der Waals surface area contributed by atoms with Crippen LogP contribution in [-0.2, 0) is 19.5 Å². The summed E-state index contributed by atoms with van der Waals surface area (Å²) in [4.78, 5) is 12.5. The van der Waals surface area contributed by atoms with Crippen molar-refractivity contribution in [3.63, 3.8) is 0 Å². The molecule has 1 aromatic carbocycles. The first-order valence-corrected chi connectivity index (χ1v) is 11.2. The number of para-hydroxylation sites is 2. The van der Waals surface area contributed by atoms with Crippen molar-refractivity contribution in [2.75, 3.05) is 13.1 Å². The van der Waals surface area contributed by atoms with Crippen LogP contribution in [0.1, 0.15) is 55.2 Å². The molecule has 3 aromatic rings. The molecule has 2 unspecified atom stereocenters. The molecule has 0 spiro atoms. The van der Waals surface area contributed by atoms with Crippen molar-refractivity contribution in [1.82, 2.24) is 19.4 Å². The quantitative estimate of drug-likeness (QED) is 0.646. The Hall–Kier alpha value is -2.24. The van der Waals surface area contributed by atoms with E-state index in [0.717, 1.165) is 50.5 Å². The predicted octanol–water partition coefficient (Wildman–Crippen LogP) is 4.07. The van der Waals surface area contributed by atoms with E-state index in [4.69, 9.17) is 15.7 Å². The summed E-state index contributed by atoms with van der Waals surface area (Å²) >= 11 is 0. The van der Waals surface area contributed by atoms with Crippen LogP contribution < -0.4 is 5.73 Å². The van der Waals surface area contributed by atoms with Gasteiger partial charge < -0.3 is 10.3 Å². The first kappa shape index (κ1) is 18.8. The molecule has 0 saturated carbocycles.